The summed E-state index contributed by atoms with van der Waals surface area (Å²) in [5, 5.41) is 17.8. The summed E-state index contributed by atoms with van der Waals surface area (Å²) >= 11 is 0. The molecule has 0 atom stereocenters. The summed E-state index contributed by atoms with van der Waals surface area (Å²) in [6, 6.07) is 7.84. The Morgan fingerprint density at radius 2 is 1.87 bits per heavy atom. The first kappa shape index (κ1) is 15.2. The number of nitro groups is 1. The van der Waals surface area contributed by atoms with Crippen molar-refractivity contribution >= 4 is 23.0 Å². The Hall–Kier alpha value is -2.70. The Balaban J connectivity index is 1.93. The van der Waals surface area contributed by atoms with Crippen molar-refractivity contribution in [2.24, 2.45) is 0 Å². The van der Waals surface area contributed by atoms with Crippen molar-refractivity contribution in [3.63, 3.8) is 0 Å². The van der Waals surface area contributed by atoms with Gasteiger partial charge in [-0.15, -0.1) is 0 Å². The number of hydrogen-bond donors (Lipinski definition) is 2. The van der Waals surface area contributed by atoms with Crippen molar-refractivity contribution in [2.75, 3.05) is 10.6 Å². The van der Waals surface area contributed by atoms with Crippen LogP contribution in [0.1, 0.15) is 31.2 Å². The quantitative estimate of drug-likeness (QED) is 0.644. The molecule has 1 saturated carbocycles. The first-order valence-corrected chi connectivity index (χ1v) is 7.73. The second-order valence-electron chi connectivity index (χ2n) is 5.74. The standard InChI is InChI=1S/C16H19N5O2/c1-11-6-2-5-9-13(11)20-16-14(21(22)23)15(17-10-18-16)19-12-7-3-4-8-12/h2,5-6,9-10,12H,3-4,7-8H2,1H3,(H2,17,18,19,20). The molecule has 2 aromatic rings. The number of anilines is 3. The average Bonchev–Trinajstić information content (AvgIpc) is 3.02. The molecule has 1 heterocycles. The molecule has 0 spiro atoms. The number of hydrogen-bond acceptors (Lipinski definition) is 6. The molecular formula is C16H19N5O2. The van der Waals surface area contributed by atoms with E-state index in [1.165, 1.54) is 6.33 Å². The largest absolute Gasteiger partial charge is 0.361 e. The van der Waals surface area contributed by atoms with Crippen molar-refractivity contribution in [1.29, 1.82) is 0 Å². The molecule has 7 heteroatoms. The lowest BCUT2D eigenvalue weighted by atomic mass is 10.2. The highest BCUT2D eigenvalue weighted by Crippen LogP contribution is 2.33. The lowest BCUT2D eigenvalue weighted by Gasteiger charge is -2.14. The topological polar surface area (TPSA) is 93.0 Å². The fourth-order valence-electron chi connectivity index (χ4n) is 2.85. The molecule has 0 aliphatic heterocycles. The summed E-state index contributed by atoms with van der Waals surface area (Å²) in [5.74, 6) is 0.493. The maximum atomic E-state index is 11.5. The normalized spacial score (nSPS) is 14.7. The third-order valence-electron chi connectivity index (χ3n) is 4.10. The summed E-state index contributed by atoms with van der Waals surface area (Å²) in [5.41, 5.74) is 1.68. The lowest BCUT2D eigenvalue weighted by molar-refractivity contribution is -0.383. The molecule has 0 saturated heterocycles. The Morgan fingerprint density at radius 1 is 1.17 bits per heavy atom. The number of nitrogens with zero attached hydrogens (tertiary/aromatic N) is 3. The van der Waals surface area contributed by atoms with Gasteiger partial charge >= 0.3 is 5.69 Å². The number of benzene rings is 1. The van der Waals surface area contributed by atoms with Gasteiger partial charge in [-0.2, -0.15) is 0 Å². The zero-order valence-electron chi connectivity index (χ0n) is 13.0. The van der Waals surface area contributed by atoms with E-state index in [-0.39, 0.29) is 23.4 Å². The van der Waals surface area contributed by atoms with E-state index < -0.39 is 4.92 Å². The highest BCUT2D eigenvalue weighted by Gasteiger charge is 2.26. The number of aromatic nitrogens is 2. The third-order valence-corrected chi connectivity index (χ3v) is 4.10. The molecule has 0 bridgehead atoms. The van der Waals surface area contributed by atoms with Gasteiger partial charge < -0.3 is 10.6 Å². The zero-order chi connectivity index (χ0) is 16.2. The van der Waals surface area contributed by atoms with Gasteiger partial charge in [0.1, 0.15) is 6.33 Å². The molecule has 1 aliphatic carbocycles. The van der Waals surface area contributed by atoms with Crippen LogP contribution in [0, 0.1) is 17.0 Å². The molecule has 0 radical (unpaired) electrons. The van der Waals surface area contributed by atoms with E-state index in [9.17, 15) is 10.1 Å². The number of rotatable bonds is 5. The second kappa shape index (κ2) is 6.60. The van der Waals surface area contributed by atoms with Crippen LogP contribution in [0.5, 0.6) is 0 Å². The molecule has 1 aliphatic rings. The van der Waals surface area contributed by atoms with Crippen LogP contribution in [-0.4, -0.2) is 20.9 Å². The van der Waals surface area contributed by atoms with E-state index in [0.717, 1.165) is 36.9 Å². The van der Waals surface area contributed by atoms with E-state index in [1.807, 2.05) is 31.2 Å². The average molecular weight is 313 g/mol. The smallest absolute Gasteiger partial charge is 0.353 e. The molecule has 120 valence electrons. The monoisotopic (exact) mass is 313 g/mol. The molecule has 7 nitrogen and oxygen atoms in total. The summed E-state index contributed by atoms with van der Waals surface area (Å²) < 4.78 is 0. The van der Waals surface area contributed by atoms with Crippen LogP contribution in [-0.2, 0) is 0 Å². The van der Waals surface area contributed by atoms with Crippen LogP contribution in [0.15, 0.2) is 30.6 Å². The van der Waals surface area contributed by atoms with Crippen molar-refractivity contribution in [3.8, 4) is 0 Å². The van der Waals surface area contributed by atoms with Crippen molar-refractivity contribution < 1.29 is 4.92 Å². The maximum absolute atomic E-state index is 11.5. The Labute approximate surface area is 134 Å². The molecule has 0 unspecified atom stereocenters. The molecule has 1 aromatic heterocycles. The highest BCUT2D eigenvalue weighted by molar-refractivity contribution is 5.74. The highest BCUT2D eigenvalue weighted by atomic mass is 16.6. The van der Waals surface area contributed by atoms with E-state index >= 15 is 0 Å². The van der Waals surface area contributed by atoms with Crippen LogP contribution in [0.25, 0.3) is 0 Å². The number of nitrogens with one attached hydrogen (secondary N) is 2. The van der Waals surface area contributed by atoms with Crippen molar-refractivity contribution in [2.45, 2.75) is 38.6 Å². The lowest BCUT2D eigenvalue weighted by Crippen LogP contribution is -2.17. The number of aryl methyl sites for hydroxylation is 1. The fourth-order valence-corrected chi connectivity index (χ4v) is 2.85. The fraction of sp³-hybridized carbons (Fsp3) is 0.375. The Morgan fingerprint density at radius 3 is 2.57 bits per heavy atom. The van der Waals surface area contributed by atoms with Crippen LogP contribution in [0.2, 0.25) is 0 Å². The van der Waals surface area contributed by atoms with Crippen molar-refractivity contribution in [1.82, 2.24) is 9.97 Å². The van der Waals surface area contributed by atoms with E-state index in [4.69, 9.17) is 0 Å². The number of para-hydroxylation sites is 1. The van der Waals surface area contributed by atoms with Gasteiger partial charge in [0.25, 0.3) is 0 Å². The third kappa shape index (κ3) is 3.39. The summed E-state index contributed by atoms with van der Waals surface area (Å²) in [4.78, 5) is 19.3. The zero-order valence-corrected chi connectivity index (χ0v) is 13.0. The molecule has 2 N–H and O–H groups in total. The van der Waals surface area contributed by atoms with Crippen LogP contribution >= 0.6 is 0 Å². The molecule has 0 amide bonds. The summed E-state index contributed by atoms with van der Waals surface area (Å²) in [6.07, 6.45) is 5.67. The second-order valence-corrected chi connectivity index (χ2v) is 5.74. The minimum absolute atomic E-state index is 0.109. The first-order valence-electron chi connectivity index (χ1n) is 7.73. The van der Waals surface area contributed by atoms with Gasteiger partial charge in [-0.25, -0.2) is 9.97 Å². The first-order chi connectivity index (χ1) is 11.1. The van der Waals surface area contributed by atoms with E-state index in [1.54, 1.807) is 0 Å². The summed E-state index contributed by atoms with van der Waals surface area (Å²) in [7, 11) is 0. The van der Waals surface area contributed by atoms with Gasteiger partial charge in [0.15, 0.2) is 0 Å². The minimum Gasteiger partial charge on any atom is -0.361 e. The maximum Gasteiger partial charge on any atom is 0.353 e. The van der Waals surface area contributed by atoms with Gasteiger partial charge in [0.2, 0.25) is 11.6 Å². The van der Waals surface area contributed by atoms with E-state index in [0.29, 0.717) is 0 Å². The Kier molecular flexibility index (Phi) is 4.36. The van der Waals surface area contributed by atoms with Gasteiger partial charge in [-0.05, 0) is 31.4 Å². The molecule has 23 heavy (non-hydrogen) atoms. The van der Waals surface area contributed by atoms with Crippen LogP contribution < -0.4 is 10.6 Å². The van der Waals surface area contributed by atoms with Crippen LogP contribution in [0.4, 0.5) is 23.0 Å². The van der Waals surface area contributed by atoms with E-state index in [2.05, 4.69) is 20.6 Å². The van der Waals surface area contributed by atoms with Gasteiger partial charge in [0, 0.05) is 11.7 Å². The minimum atomic E-state index is -0.433. The Bertz CT molecular complexity index is 713. The van der Waals surface area contributed by atoms with Gasteiger partial charge in [-0.1, -0.05) is 31.0 Å². The van der Waals surface area contributed by atoms with Gasteiger partial charge in [-0.3, -0.25) is 10.1 Å². The van der Waals surface area contributed by atoms with Gasteiger partial charge in [0.05, 0.1) is 4.92 Å². The summed E-state index contributed by atoms with van der Waals surface area (Å²) in [6.45, 7) is 1.94. The predicted octanol–water partition coefficient (Wildman–Crippen LogP) is 3.79. The van der Waals surface area contributed by atoms with Crippen LogP contribution in [0.3, 0.4) is 0 Å². The molecule has 1 aromatic carbocycles. The van der Waals surface area contributed by atoms with Crippen molar-refractivity contribution in [3.05, 3.63) is 46.3 Å². The molecule has 1 fully saturated rings. The SMILES string of the molecule is Cc1ccccc1Nc1ncnc(NC2CCCC2)c1[N+](=O)[O-]. The molecular weight excluding hydrogens is 294 g/mol. The predicted molar refractivity (Wildman–Crippen MR) is 89.0 cm³/mol. The molecule has 3 rings (SSSR count).